The Morgan fingerprint density at radius 1 is 1.19 bits per heavy atom. The first-order valence-electron chi connectivity index (χ1n) is 9.82. The molecule has 1 fully saturated rings. The third-order valence-electron chi connectivity index (χ3n) is 5.26. The first-order chi connectivity index (χ1) is 15.2. The van der Waals surface area contributed by atoms with Gasteiger partial charge in [0, 0.05) is 31.9 Å². The predicted molar refractivity (Wildman–Crippen MR) is 114 cm³/mol. The fourth-order valence-electron chi connectivity index (χ4n) is 3.49. The largest absolute Gasteiger partial charge is 0.469 e. The van der Waals surface area contributed by atoms with Crippen LogP contribution in [0, 0.1) is 6.92 Å². The maximum atomic E-state index is 13.0. The molecule has 0 aliphatic carbocycles. The number of amides is 1. The van der Waals surface area contributed by atoms with Gasteiger partial charge in [-0.2, -0.15) is 13.2 Å². The highest BCUT2D eigenvalue weighted by molar-refractivity contribution is 7.99. The lowest BCUT2D eigenvalue weighted by molar-refractivity contribution is -0.137. The van der Waals surface area contributed by atoms with Crippen LogP contribution in [0.5, 0.6) is 0 Å². The molecule has 1 amide bonds. The van der Waals surface area contributed by atoms with Gasteiger partial charge >= 0.3 is 6.18 Å². The van der Waals surface area contributed by atoms with Gasteiger partial charge in [0.15, 0.2) is 5.82 Å². The van der Waals surface area contributed by atoms with E-state index in [-0.39, 0.29) is 11.7 Å². The second kappa shape index (κ2) is 8.77. The number of alkyl halides is 3. The number of thioether (sulfide) groups is 1. The Morgan fingerprint density at radius 3 is 2.59 bits per heavy atom. The van der Waals surface area contributed by atoms with Crippen molar-refractivity contribution in [1.82, 2.24) is 19.8 Å². The molecule has 1 aromatic carbocycles. The second-order valence-corrected chi connectivity index (χ2v) is 8.21. The minimum atomic E-state index is -4.38. The average Bonchev–Trinajstić information content (AvgIpc) is 3.36. The number of nitrogens with two attached hydrogens (primary N) is 1. The van der Waals surface area contributed by atoms with E-state index in [2.05, 4.69) is 10.2 Å². The highest BCUT2D eigenvalue weighted by Crippen LogP contribution is 2.32. The number of rotatable bonds is 5. The summed E-state index contributed by atoms with van der Waals surface area (Å²) < 4.78 is 45.5. The molecular formula is C20H21F3N6O2S. The van der Waals surface area contributed by atoms with Gasteiger partial charge in [0.25, 0.3) is 0 Å². The molecule has 0 saturated carbocycles. The Morgan fingerprint density at radius 2 is 1.94 bits per heavy atom. The van der Waals surface area contributed by atoms with Gasteiger partial charge in [-0.3, -0.25) is 4.79 Å². The van der Waals surface area contributed by atoms with Crippen molar-refractivity contribution in [1.29, 1.82) is 0 Å². The minimum absolute atomic E-state index is 0.0947. The fourth-order valence-corrected chi connectivity index (χ4v) is 4.25. The number of carbonyl (C=O) groups is 1. The number of benzene rings is 1. The quantitative estimate of drug-likeness (QED) is 0.456. The number of carbonyl (C=O) groups excluding carboxylic acids is 1. The zero-order chi connectivity index (χ0) is 22.9. The molecule has 0 radical (unpaired) electrons. The van der Waals surface area contributed by atoms with Gasteiger partial charge < -0.3 is 20.1 Å². The normalized spacial score (nSPS) is 14.8. The monoisotopic (exact) mass is 466 g/mol. The van der Waals surface area contributed by atoms with Gasteiger partial charge in [0.1, 0.15) is 5.76 Å². The molecule has 0 spiro atoms. The summed E-state index contributed by atoms with van der Waals surface area (Å²) in [5.74, 6) is 7.21. The number of hydrogen-bond acceptors (Lipinski definition) is 7. The number of hydrogen-bond donors (Lipinski definition) is 1. The van der Waals surface area contributed by atoms with Crippen molar-refractivity contribution in [3.05, 3.63) is 47.9 Å². The maximum Gasteiger partial charge on any atom is 0.416 e. The molecular weight excluding hydrogens is 445 g/mol. The number of furan rings is 1. The summed E-state index contributed by atoms with van der Waals surface area (Å²) in [4.78, 5) is 16.2. The third kappa shape index (κ3) is 4.54. The van der Waals surface area contributed by atoms with E-state index in [1.54, 1.807) is 24.0 Å². The van der Waals surface area contributed by atoms with E-state index in [9.17, 15) is 18.0 Å². The van der Waals surface area contributed by atoms with E-state index in [1.165, 1.54) is 28.8 Å². The van der Waals surface area contributed by atoms with E-state index in [0.29, 0.717) is 48.6 Å². The van der Waals surface area contributed by atoms with Gasteiger partial charge in [0.2, 0.25) is 11.1 Å². The van der Waals surface area contributed by atoms with E-state index >= 15 is 0 Å². The highest BCUT2D eigenvalue weighted by atomic mass is 32.2. The number of aryl methyl sites for hydroxylation is 1. The topological polar surface area (TPSA) is 93.4 Å². The Labute approximate surface area is 186 Å². The molecule has 0 atom stereocenters. The van der Waals surface area contributed by atoms with E-state index in [4.69, 9.17) is 10.3 Å². The number of piperazine rings is 1. The van der Waals surface area contributed by atoms with Gasteiger partial charge in [-0.15, -0.1) is 10.2 Å². The van der Waals surface area contributed by atoms with Crippen LogP contribution in [0.2, 0.25) is 0 Å². The zero-order valence-corrected chi connectivity index (χ0v) is 18.0. The smallest absolute Gasteiger partial charge is 0.416 e. The molecule has 32 heavy (non-hydrogen) atoms. The van der Waals surface area contributed by atoms with Gasteiger partial charge in [-0.1, -0.05) is 17.8 Å². The molecule has 12 heteroatoms. The van der Waals surface area contributed by atoms with Crippen molar-refractivity contribution in [3.63, 3.8) is 0 Å². The first-order valence-corrected chi connectivity index (χ1v) is 10.8. The van der Waals surface area contributed by atoms with Crippen molar-refractivity contribution in [2.75, 3.05) is 42.7 Å². The third-order valence-corrected chi connectivity index (χ3v) is 6.19. The number of nitrogens with zero attached hydrogens (tertiary/aromatic N) is 5. The number of anilines is 1. The number of halogens is 3. The van der Waals surface area contributed by atoms with Crippen LogP contribution in [-0.4, -0.2) is 57.6 Å². The Kier molecular flexibility index (Phi) is 6.04. The zero-order valence-electron chi connectivity index (χ0n) is 17.2. The van der Waals surface area contributed by atoms with Crippen molar-refractivity contribution < 1.29 is 22.4 Å². The fraction of sp³-hybridized carbons (Fsp3) is 0.350. The lowest BCUT2D eigenvalue weighted by atomic mass is 10.1. The second-order valence-electron chi connectivity index (χ2n) is 7.27. The van der Waals surface area contributed by atoms with Crippen LogP contribution in [-0.2, 0) is 11.0 Å². The lowest BCUT2D eigenvalue weighted by Crippen LogP contribution is -2.49. The summed E-state index contributed by atoms with van der Waals surface area (Å²) in [5, 5.41) is 8.52. The summed E-state index contributed by atoms with van der Waals surface area (Å²) in [6.45, 7) is 3.54. The molecule has 1 aliphatic rings. The van der Waals surface area contributed by atoms with Crippen LogP contribution in [0.3, 0.4) is 0 Å². The standard InChI is InChI=1S/C20H21F3N6O2S/c1-13-16(5-10-31-13)18-25-26-19(29(18)24)32-12-17(30)28-8-6-27(7-9-28)15-4-2-3-14(11-15)20(21,22)23/h2-5,10-11H,6-9,12,24H2,1H3. The summed E-state index contributed by atoms with van der Waals surface area (Å²) in [5.41, 5.74) is 0.546. The van der Waals surface area contributed by atoms with Crippen molar-refractivity contribution >= 4 is 23.4 Å². The summed E-state index contributed by atoms with van der Waals surface area (Å²) in [7, 11) is 0. The molecule has 4 rings (SSSR count). The van der Waals surface area contributed by atoms with Crippen LogP contribution in [0.1, 0.15) is 11.3 Å². The lowest BCUT2D eigenvalue weighted by Gasteiger charge is -2.36. The van der Waals surface area contributed by atoms with Crippen LogP contribution in [0.4, 0.5) is 18.9 Å². The SMILES string of the molecule is Cc1occc1-c1nnc(SCC(=O)N2CCN(c3cccc(C(F)(F)F)c3)CC2)n1N. The van der Waals surface area contributed by atoms with Crippen LogP contribution < -0.4 is 10.7 Å². The van der Waals surface area contributed by atoms with Crippen molar-refractivity contribution in [3.8, 4) is 11.4 Å². The summed E-state index contributed by atoms with van der Waals surface area (Å²) >= 11 is 1.18. The van der Waals surface area contributed by atoms with E-state index < -0.39 is 11.7 Å². The molecule has 1 aliphatic heterocycles. The van der Waals surface area contributed by atoms with Crippen LogP contribution in [0.15, 0.2) is 46.2 Å². The van der Waals surface area contributed by atoms with Crippen LogP contribution in [0.25, 0.3) is 11.4 Å². The highest BCUT2D eigenvalue weighted by Gasteiger charge is 2.31. The van der Waals surface area contributed by atoms with Crippen molar-refractivity contribution in [2.24, 2.45) is 0 Å². The molecule has 3 heterocycles. The first kappa shape index (κ1) is 22.1. The Bertz CT molecular complexity index is 1100. The molecule has 8 nitrogen and oxygen atoms in total. The molecule has 1 saturated heterocycles. The van der Waals surface area contributed by atoms with Gasteiger partial charge in [0.05, 0.1) is 23.1 Å². The maximum absolute atomic E-state index is 13.0. The van der Waals surface area contributed by atoms with Gasteiger partial charge in [-0.25, -0.2) is 4.68 Å². The molecule has 0 unspecified atom stereocenters. The van der Waals surface area contributed by atoms with Crippen molar-refractivity contribution in [2.45, 2.75) is 18.3 Å². The summed E-state index contributed by atoms with van der Waals surface area (Å²) in [6, 6.07) is 6.98. The minimum Gasteiger partial charge on any atom is -0.469 e. The molecule has 170 valence electrons. The van der Waals surface area contributed by atoms with Crippen LogP contribution >= 0.6 is 11.8 Å². The molecule has 3 aromatic rings. The van der Waals surface area contributed by atoms with E-state index in [1.807, 2.05) is 4.90 Å². The molecule has 0 bridgehead atoms. The summed E-state index contributed by atoms with van der Waals surface area (Å²) in [6.07, 6.45) is -2.85. The molecule has 2 aromatic heterocycles. The average molecular weight is 466 g/mol. The van der Waals surface area contributed by atoms with Gasteiger partial charge in [-0.05, 0) is 31.2 Å². The van der Waals surface area contributed by atoms with E-state index in [0.717, 1.165) is 17.7 Å². The Hall–Kier alpha value is -3.15. The Balaban J connectivity index is 1.32. The number of nitrogen functional groups attached to an aromatic ring is 1. The predicted octanol–water partition coefficient (Wildman–Crippen LogP) is 3.02. The molecule has 2 N–H and O–H groups in total. The number of aromatic nitrogens is 3.